The first-order valence-electron chi connectivity index (χ1n) is 5.15. The summed E-state index contributed by atoms with van der Waals surface area (Å²) in [6.07, 6.45) is 2.90. The first-order valence-corrected chi connectivity index (χ1v) is 7.42. The Morgan fingerprint density at radius 1 is 1.33 bits per heavy atom. The van der Waals surface area contributed by atoms with Crippen molar-refractivity contribution in [3.8, 4) is 0 Å². The molecule has 0 saturated heterocycles. The van der Waals surface area contributed by atoms with Crippen molar-refractivity contribution in [2.75, 3.05) is 4.72 Å². The van der Waals surface area contributed by atoms with Gasteiger partial charge in [0, 0.05) is 17.7 Å². The Bertz CT molecular complexity index is 659. The van der Waals surface area contributed by atoms with Gasteiger partial charge < -0.3 is 4.57 Å². The number of anilines is 1. The lowest BCUT2D eigenvalue weighted by Gasteiger charge is -2.07. The molecule has 0 unspecified atom stereocenters. The van der Waals surface area contributed by atoms with Crippen LogP contribution in [0.2, 0.25) is 0 Å². The van der Waals surface area contributed by atoms with Gasteiger partial charge in [-0.05, 0) is 30.7 Å². The number of benzene rings is 1. The van der Waals surface area contributed by atoms with Crippen molar-refractivity contribution in [2.45, 2.75) is 11.9 Å². The molecule has 0 saturated carbocycles. The molecule has 0 aliphatic carbocycles. The number of hydrogen-bond acceptors (Lipinski definition) is 3. The summed E-state index contributed by atoms with van der Waals surface area (Å²) in [4.78, 5) is 3.83. The van der Waals surface area contributed by atoms with E-state index in [1.807, 2.05) is 13.0 Å². The predicted octanol–water partition coefficient (Wildman–Crippen LogP) is 2.29. The number of hydrogen-bond donors (Lipinski definition) is 1. The molecule has 0 fully saturated rings. The molecule has 0 atom stereocenters. The number of imidazole rings is 1. The van der Waals surface area contributed by atoms with E-state index in [0.717, 1.165) is 10.0 Å². The van der Waals surface area contributed by atoms with E-state index in [9.17, 15) is 8.42 Å². The second kappa shape index (κ2) is 4.74. The molecule has 2 rings (SSSR count). The number of sulfonamides is 1. The molecular formula is C11H12BrN3O2S. The maximum absolute atomic E-state index is 12.0. The molecule has 0 amide bonds. The van der Waals surface area contributed by atoms with Crippen LogP contribution in [0.15, 0.2) is 40.2 Å². The van der Waals surface area contributed by atoms with E-state index < -0.39 is 10.0 Å². The van der Waals surface area contributed by atoms with E-state index in [4.69, 9.17) is 0 Å². The summed E-state index contributed by atoms with van der Waals surface area (Å²) < 4.78 is 29.0. The van der Waals surface area contributed by atoms with Gasteiger partial charge in [-0.1, -0.05) is 15.9 Å². The summed E-state index contributed by atoms with van der Waals surface area (Å²) in [5.41, 5.74) is 1.47. The highest BCUT2D eigenvalue weighted by molar-refractivity contribution is 9.10. The maximum Gasteiger partial charge on any atom is 0.280 e. The van der Waals surface area contributed by atoms with Crippen molar-refractivity contribution in [3.63, 3.8) is 0 Å². The van der Waals surface area contributed by atoms with Crippen molar-refractivity contribution in [1.82, 2.24) is 9.55 Å². The van der Waals surface area contributed by atoms with Crippen molar-refractivity contribution < 1.29 is 8.42 Å². The van der Waals surface area contributed by atoms with Crippen LogP contribution in [0.1, 0.15) is 5.56 Å². The number of halogens is 1. The van der Waals surface area contributed by atoms with Gasteiger partial charge in [0.2, 0.25) is 0 Å². The van der Waals surface area contributed by atoms with Crippen LogP contribution < -0.4 is 4.72 Å². The van der Waals surface area contributed by atoms with Crippen LogP contribution in [0.3, 0.4) is 0 Å². The smallest absolute Gasteiger partial charge is 0.280 e. The molecule has 0 aliphatic heterocycles. The monoisotopic (exact) mass is 329 g/mol. The number of rotatable bonds is 3. The van der Waals surface area contributed by atoms with Gasteiger partial charge in [0.15, 0.2) is 5.03 Å². The Morgan fingerprint density at radius 3 is 2.61 bits per heavy atom. The van der Waals surface area contributed by atoms with E-state index in [1.54, 1.807) is 23.7 Å². The topological polar surface area (TPSA) is 64.0 Å². The summed E-state index contributed by atoms with van der Waals surface area (Å²) >= 11 is 3.33. The van der Waals surface area contributed by atoms with Crippen molar-refractivity contribution in [3.05, 3.63) is 40.8 Å². The molecule has 18 heavy (non-hydrogen) atoms. The molecule has 1 aromatic carbocycles. The third-order valence-corrected chi connectivity index (χ3v) is 3.97. The molecule has 2 aromatic rings. The summed E-state index contributed by atoms with van der Waals surface area (Å²) in [6, 6.07) is 5.36. The van der Waals surface area contributed by atoms with Gasteiger partial charge in [-0.25, -0.2) is 4.98 Å². The molecule has 0 bridgehead atoms. The number of aromatic nitrogens is 2. The van der Waals surface area contributed by atoms with Crippen molar-refractivity contribution in [1.29, 1.82) is 0 Å². The van der Waals surface area contributed by atoms with Crippen LogP contribution >= 0.6 is 15.9 Å². The van der Waals surface area contributed by atoms with Crippen molar-refractivity contribution in [2.24, 2.45) is 7.05 Å². The lowest BCUT2D eigenvalue weighted by Crippen LogP contribution is -2.13. The zero-order chi connectivity index (χ0) is 13.3. The standard InChI is InChI=1S/C11H12BrN3O2S/c1-8-3-9(12)5-10(4-8)14-18(16,17)11-6-15(2)7-13-11/h3-7,14H,1-2H3. The quantitative estimate of drug-likeness (QED) is 0.939. The highest BCUT2D eigenvalue weighted by Gasteiger charge is 2.17. The SMILES string of the molecule is Cc1cc(Br)cc(NS(=O)(=O)c2cn(C)cn2)c1. The maximum atomic E-state index is 12.0. The van der Waals surface area contributed by atoms with Gasteiger partial charge in [-0.15, -0.1) is 0 Å². The van der Waals surface area contributed by atoms with Crippen LogP contribution in [-0.2, 0) is 17.1 Å². The molecular weight excluding hydrogens is 318 g/mol. The summed E-state index contributed by atoms with van der Waals surface area (Å²) in [5.74, 6) is 0. The van der Waals surface area contributed by atoms with Crippen LogP contribution in [0.5, 0.6) is 0 Å². The second-order valence-corrected chi connectivity index (χ2v) is 6.55. The largest absolute Gasteiger partial charge is 0.339 e. The minimum Gasteiger partial charge on any atom is -0.339 e. The fourth-order valence-corrected chi connectivity index (χ4v) is 3.16. The van der Waals surface area contributed by atoms with Gasteiger partial charge in [0.25, 0.3) is 10.0 Å². The Labute approximate surface area is 114 Å². The fourth-order valence-electron chi connectivity index (χ4n) is 1.53. The molecule has 1 N–H and O–H groups in total. The third kappa shape index (κ3) is 2.91. The first-order chi connectivity index (χ1) is 8.37. The lowest BCUT2D eigenvalue weighted by atomic mass is 10.2. The molecule has 0 spiro atoms. The second-order valence-electron chi connectivity index (χ2n) is 4.00. The first kappa shape index (κ1) is 13.1. The van der Waals surface area contributed by atoms with E-state index in [2.05, 4.69) is 25.6 Å². The number of aryl methyl sites for hydroxylation is 2. The Hall–Kier alpha value is -1.34. The van der Waals surface area contributed by atoms with Gasteiger partial charge in [-0.2, -0.15) is 8.42 Å². The minimum atomic E-state index is -3.63. The molecule has 5 nitrogen and oxygen atoms in total. The number of nitrogens with one attached hydrogen (secondary N) is 1. The number of nitrogens with zero attached hydrogens (tertiary/aromatic N) is 2. The Morgan fingerprint density at radius 2 is 2.06 bits per heavy atom. The molecule has 1 heterocycles. The lowest BCUT2D eigenvalue weighted by molar-refractivity contribution is 0.598. The molecule has 0 radical (unpaired) electrons. The average molecular weight is 330 g/mol. The van der Waals surface area contributed by atoms with Gasteiger partial charge >= 0.3 is 0 Å². The van der Waals surface area contributed by atoms with Crippen LogP contribution in [0.4, 0.5) is 5.69 Å². The van der Waals surface area contributed by atoms with Gasteiger partial charge in [0.05, 0.1) is 12.0 Å². The minimum absolute atomic E-state index is 0.00243. The summed E-state index contributed by atoms with van der Waals surface area (Å²) in [5, 5.41) is 0.00243. The Balaban J connectivity index is 2.33. The predicted molar refractivity (Wildman–Crippen MR) is 72.9 cm³/mol. The molecule has 96 valence electrons. The highest BCUT2D eigenvalue weighted by atomic mass is 79.9. The zero-order valence-electron chi connectivity index (χ0n) is 9.88. The van der Waals surface area contributed by atoms with Crippen LogP contribution in [0.25, 0.3) is 0 Å². The van der Waals surface area contributed by atoms with E-state index >= 15 is 0 Å². The summed E-state index contributed by atoms with van der Waals surface area (Å²) in [6.45, 7) is 1.89. The zero-order valence-corrected chi connectivity index (χ0v) is 12.3. The average Bonchev–Trinajstić information content (AvgIpc) is 2.62. The van der Waals surface area contributed by atoms with Gasteiger partial charge in [-0.3, -0.25) is 4.72 Å². The highest BCUT2D eigenvalue weighted by Crippen LogP contribution is 2.21. The molecule has 0 aliphatic rings. The Kier molecular flexibility index (Phi) is 3.45. The van der Waals surface area contributed by atoms with E-state index in [0.29, 0.717) is 5.69 Å². The fraction of sp³-hybridized carbons (Fsp3) is 0.182. The van der Waals surface area contributed by atoms with E-state index in [1.165, 1.54) is 12.5 Å². The van der Waals surface area contributed by atoms with Crippen LogP contribution in [0, 0.1) is 6.92 Å². The van der Waals surface area contributed by atoms with Crippen molar-refractivity contribution >= 4 is 31.6 Å². The molecule has 7 heteroatoms. The summed E-state index contributed by atoms with van der Waals surface area (Å²) in [7, 11) is -1.91. The van der Waals surface area contributed by atoms with E-state index in [-0.39, 0.29) is 5.03 Å². The van der Waals surface area contributed by atoms with Gasteiger partial charge in [0.1, 0.15) is 0 Å². The third-order valence-electron chi connectivity index (χ3n) is 2.25. The molecule has 1 aromatic heterocycles. The van der Waals surface area contributed by atoms with Crippen LogP contribution in [-0.4, -0.2) is 18.0 Å². The normalized spacial score (nSPS) is 11.5.